The number of nitrogens with one attached hydrogen (secondary N) is 2. The van der Waals surface area contributed by atoms with Crippen molar-refractivity contribution in [3.8, 4) is 11.5 Å². The van der Waals surface area contributed by atoms with Gasteiger partial charge in [0, 0.05) is 13.0 Å². The summed E-state index contributed by atoms with van der Waals surface area (Å²) in [5, 5.41) is 12.6. The standard InChI is InChI=1S/C8H9N5O2/c1-4-3-6(13-15-4)7-10-8(12-11-7)9-5(2)14/h3H,1-2H3,(H2,9,10,11,12,14). The van der Waals surface area contributed by atoms with E-state index in [2.05, 4.69) is 25.7 Å². The number of nitrogens with zero attached hydrogens (tertiary/aromatic N) is 3. The van der Waals surface area contributed by atoms with Crippen molar-refractivity contribution in [3.63, 3.8) is 0 Å². The number of H-pyrrole nitrogens is 1. The van der Waals surface area contributed by atoms with Crippen LogP contribution >= 0.6 is 0 Å². The summed E-state index contributed by atoms with van der Waals surface area (Å²) in [5.41, 5.74) is 0.552. The van der Waals surface area contributed by atoms with Crippen LogP contribution in [0.1, 0.15) is 12.7 Å². The monoisotopic (exact) mass is 207 g/mol. The van der Waals surface area contributed by atoms with Crippen LogP contribution in [0, 0.1) is 6.92 Å². The summed E-state index contributed by atoms with van der Waals surface area (Å²) in [5.74, 6) is 1.13. The van der Waals surface area contributed by atoms with Gasteiger partial charge in [-0.05, 0) is 6.92 Å². The molecular formula is C8H9N5O2. The van der Waals surface area contributed by atoms with Gasteiger partial charge in [-0.15, -0.1) is 5.10 Å². The molecule has 0 saturated heterocycles. The molecule has 2 N–H and O–H groups in total. The molecule has 2 aromatic heterocycles. The maximum atomic E-state index is 10.7. The third kappa shape index (κ3) is 2.01. The molecule has 15 heavy (non-hydrogen) atoms. The summed E-state index contributed by atoms with van der Waals surface area (Å²) >= 11 is 0. The lowest BCUT2D eigenvalue weighted by molar-refractivity contribution is -0.114. The second kappa shape index (κ2) is 3.52. The molecule has 7 nitrogen and oxygen atoms in total. The number of amides is 1. The van der Waals surface area contributed by atoms with E-state index in [0.717, 1.165) is 0 Å². The number of carbonyl (C=O) groups excluding carboxylic acids is 1. The zero-order valence-electron chi connectivity index (χ0n) is 8.24. The number of rotatable bonds is 2. The van der Waals surface area contributed by atoms with E-state index in [4.69, 9.17) is 4.52 Å². The minimum Gasteiger partial charge on any atom is -0.361 e. The number of anilines is 1. The fourth-order valence-corrected chi connectivity index (χ4v) is 1.07. The second-order valence-corrected chi connectivity index (χ2v) is 3.01. The Bertz CT molecular complexity index is 487. The largest absolute Gasteiger partial charge is 0.361 e. The van der Waals surface area contributed by atoms with Gasteiger partial charge in [0.15, 0.2) is 11.5 Å². The molecule has 2 rings (SSSR count). The van der Waals surface area contributed by atoms with Gasteiger partial charge in [-0.25, -0.2) is 0 Å². The van der Waals surface area contributed by atoms with E-state index in [1.165, 1.54) is 6.92 Å². The van der Waals surface area contributed by atoms with Crippen LogP contribution in [0.5, 0.6) is 0 Å². The first-order valence-electron chi connectivity index (χ1n) is 4.29. The normalized spacial score (nSPS) is 10.3. The Kier molecular flexibility index (Phi) is 2.20. The summed E-state index contributed by atoms with van der Waals surface area (Å²) < 4.78 is 4.88. The molecule has 2 heterocycles. The lowest BCUT2D eigenvalue weighted by atomic mass is 10.4. The van der Waals surface area contributed by atoms with Crippen molar-refractivity contribution in [2.75, 3.05) is 5.32 Å². The summed E-state index contributed by atoms with van der Waals surface area (Å²) in [6.07, 6.45) is 0. The highest BCUT2D eigenvalue weighted by Crippen LogP contribution is 2.14. The Morgan fingerprint density at radius 3 is 3.00 bits per heavy atom. The van der Waals surface area contributed by atoms with Crippen LogP contribution in [0.2, 0.25) is 0 Å². The predicted octanol–water partition coefficient (Wildman–Crippen LogP) is 0.727. The van der Waals surface area contributed by atoms with Crippen LogP contribution in [0.3, 0.4) is 0 Å². The van der Waals surface area contributed by atoms with Crippen molar-refractivity contribution >= 4 is 11.9 Å². The molecule has 2 aromatic rings. The van der Waals surface area contributed by atoms with Crippen molar-refractivity contribution in [2.24, 2.45) is 0 Å². The molecular weight excluding hydrogens is 198 g/mol. The highest BCUT2D eigenvalue weighted by molar-refractivity contribution is 5.86. The zero-order valence-corrected chi connectivity index (χ0v) is 8.24. The first kappa shape index (κ1) is 9.38. The van der Waals surface area contributed by atoms with Crippen molar-refractivity contribution in [3.05, 3.63) is 11.8 Å². The Hall–Kier alpha value is -2.18. The first-order valence-corrected chi connectivity index (χ1v) is 4.29. The van der Waals surface area contributed by atoms with Crippen LogP contribution in [0.4, 0.5) is 5.95 Å². The fourth-order valence-electron chi connectivity index (χ4n) is 1.07. The van der Waals surface area contributed by atoms with E-state index in [1.54, 1.807) is 13.0 Å². The Morgan fingerprint density at radius 1 is 1.60 bits per heavy atom. The second-order valence-electron chi connectivity index (χ2n) is 3.01. The molecule has 0 radical (unpaired) electrons. The van der Waals surface area contributed by atoms with Gasteiger partial charge in [0.1, 0.15) is 5.76 Å². The third-order valence-corrected chi connectivity index (χ3v) is 1.64. The van der Waals surface area contributed by atoms with Gasteiger partial charge in [-0.1, -0.05) is 5.16 Å². The molecule has 0 bridgehead atoms. The average Bonchev–Trinajstić information content (AvgIpc) is 2.72. The molecule has 0 spiro atoms. The Morgan fingerprint density at radius 2 is 2.40 bits per heavy atom. The van der Waals surface area contributed by atoms with E-state index in [1.807, 2.05) is 0 Å². The van der Waals surface area contributed by atoms with E-state index in [9.17, 15) is 4.79 Å². The van der Waals surface area contributed by atoms with Gasteiger partial charge >= 0.3 is 0 Å². The molecule has 0 aromatic carbocycles. The summed E-state index contributed by atoms with van der Waals surface area (Å²) in [4.78, 5) is 14.7. The number of aromatic nitrogens is 4. The fraction of sp³-hybridized carbons (Fsp3) is 0.250. The molecule has 0 aliphatic rings. The van der Waals surface area contributed by atoms with E-state index >= 15 is 0 Å². The van der Waals surface area contributed by atoms with Gasteiger partial charge in [0.25, 0.3) is 0 Å². The molecule has 78 valence electrons. The van der Waals surface area contributed by atoms with Crippen LogP contribution < -0.4 is 5.32 Å². The lowest BCUT2D eigenvalue weighted by Crippen LogP contribution is -2.06. The maximum Gasteiger partial charge on any atom is 0.249 e. The topological polar surface area (TPSA) is 96.7 Å². The van der Waals surface area contributed by atoms with Crippen molar-refractivity contribution in [1.29, 1.82) is 0 Å². The maximum absolute atomic E-state index is 10.7. The van der Waals surface area contributed by atoms with Gasteiger partial charge in [0.05, 0.1) is 0 Å². The Labute approximate surface area is 84.9 Å². The van der Waals surface area contributed by atoms with Crippen molar-refractivity contribution in [1.82, 2.24) is 20.3 Å². The summed E-state index contributed by atoms with van der Waals surface area (Å²) in [6, 6.07) is 1.72. The highest BCUT2D eigenvalue weighted by Gasteiger charge is 2.09. The number of hydrogen-bond acceptors (Lipinski definition) is 5. The molecule has 0 atom stereocenters. The number of carbonyl (C=O) groups is 1. The molecule has 0 saturated carbocycles. The SMILES string of the molecule is CC(=O)Nc1n[nH]c(-c2cc(C)on2)n1. The summed E-state index contributed by atoms with van der Waals surface area (Å²) in [6.45, 7) is 3.16. The van der Waals surface area contributed by atoms with E-state index in [0.29, 0.717) is 17.3 Å². The van der Waals surface area contributed by atoms with Crippen LogP contribution in [0.15, 0.2) is 10.6 Å². The lowest BCUT2D eigenvalue weighted by Gasteiger charge is -1.90. The van der Waals surface area contributed by atoms with Crippen molar-refractivity contribution < 1.29 is 9.32 Å². The number of hydrogen-bond donors (Lipinski definition) is 2. The zero-order chi connectivity index (χ0) is 10.8. The van der Waals surface area contributed by atoms with Crippen LogP contribution in [-0.4, -0.2) is 26.2 Å². The van der Waals surface area contributed by atoms with E-state index < -0.39 is 0 Å². The highest BCUT2D eigenvalue weighted by atomic mass is 16.5. The smallest absolute Gasteiger partial charge is 0.249 e. The van der Waals surface area contributed by atoms with Crippen LogP contribution in [-0.2, 0) is 4.79 Å². The third-order valence-electron chi connectivity index (χ3n) is 1.64. The Balaban J connectivity index is 2.23. The minimum atomic E-state index is -0.225. The van der Waals surface area contributed by atoms with E-state index in [-0.39, 0.29) is 11.9 Å². The van der Waals surface area contributed by atoms with Crippen LogP contribution in [0.25, 0.3) is 11.5 Å². The molecule has 0 unspecified atom stereocenters. The van der Waals surface area contributed by atoms with Gasteiger partial charge < -0.3 is 4.52 Å². The number of aryl methyl sites for hydroxylation is 1. The van der Waals surface area contributed by atoms with Gasteiger partial charge in [-0.3, -0.25) is 15.2 Å². The molecule has 1 amide bonds. The first-order chi connectivity index (χ1) is 7.15. The number of aromatic amines is 1. The molecule has 0 aliphatic heterocycles. The minimum absolute atomic E-state index is 0.221. The average molecular weight is 207 g/mol. The van der Waals surface area contributed by atoms with Gasteiger partial charge in [-0.2, -0.15) is 4.98 Å². The van der Waals surface area contributed by atoms with Crippen molar-refractivity contribution in [2.45, 2.75) is 13.8 Å². The van der Waals surface area contributed by atoms with Gasteiger partial charge in [0.2, 0.25) is 11.9 Å². The molecule has 0 aliphatic carbocycles. The molecule has 0 fully saturated rings. The quantitative estimate of drug-likeness (QED) is 0.756. The predicted molar refractivity (Wildman–Crippen MR) is 50.9 cm³/mol. The molecule has 7 heteroatoms. The summed E-state index contributed by atoms with van der Waals surface area (Å²) in [7, 11) is 0.